The summed E-state index contributed by atoms with van der Waals surface area (Å²) in [4.78, 5) is 35.6. The minimum Gasteiger partial charge on any atom is -0.369 e. The first-order valence-corrected chi connectivity index (χ1v) is 10.7. The lowest BCUT2D eigenvalue weighted by Crippen LogP contribution is -2.53. The van der Waals surface area contributed by atoms with Gasteiger partial charge in [-0.05, 0) is 38.0 Å². The van der Waals surface area contributed by atoms with Crippen molar-refractivity contribution in [3.05, 3.63) is 70.9 Å². The first-order chi connectivity index (χ1) is 15.5. The molecule has 0 bridgehead atoms. The van der Waals surface area contributed by atoms with Crippen LogP contribution in [0.2, 0.25) is 0 Å². The van der Waals surface area contributed by atoms with Crippen LogP contribution in [0.15, 0.2) is 42.7 Å². The van der Waals surface area contributed by atoms with Gasteiger partial charge in [-0.3, -0.25) is 14.7 Å². The van der Waals surface area contributed by atoms with E-state index in [0.29, 0.717) is 37.6 Å². The number of aromatic amines is 1. The van der Waals surface area contributed by atoms with Crippen molar-refractivity contribution in [3.8, 4) is 0 Å². The molecule has 3 N–H and O–H groups in total. The predicted octanol–water partition coefficient (Wildman–Crippen LogP) is 1.97. The molecule has 1 aliphatic heterocycles. The fourth-order valence-corrected chi connectivity index (χ4v) is 3.59. The largest absolute Gasteiger partial charge is 0.369 e. The van der Waals surface area contributed by atoms with Gasteiger partial charge in [-0.25, -0.2) is 9.97 Å². The summed E-state index contributed by atoms with van der Waals surface area (Å²) < 4.78 is 0. The quantitative estimate of drug-likeness (QED) is 0.500. The zero-order chi connectivity index (χ0) is 22.5. The number of likely N-dealkylation sites (tertiary alicyclic amines) is 1. The van der Waals surface area contributed by atoms with Crippen molar-refractivity contribution in [1.29, 1.82) is 0 Å². The number of hydrogen-bond donors (Lipinski definition) is 3. The summed E-state index contributed by atoms with van der Waals surface area (Å²) in [6.45, 7) is 6.21. The molecule has 1 aliphatic rings. The van der Waals surface area contributed by atoms with Gasteiger partial charge in [0.15, 0.2) is 0 Å². The lowest BCUT2D eigenvalue weighted by molar-refractivity contribution is 0.0497. The van der Waals surface area contributed by atoms with Crippen molar-refractivity contribution in [1.82, 2.24) is 30.4 Å². The topological polar surface area (TPSA) is 116 Å². The molecule has 0 spiro atoms. The number of hydrogen-bond acceptors (Lipinski definition) is 6. The number of anilines is 1. The van der Waals surface area contributed by atoms with Gasteiger partial charge < -0.3 is 15.5 Å². The van der Waals surface area contributed by atoms with Crippen LogP contribution in [0, 0.1) is 19.8 Å². The van der Waals surface area contributed by atoms with Gasteiger partial charge in [-0.1, -0.05) is 18.2 Å². The number of amides is 2. The lowest BCUT2D eigenvalue weighted by atomic mass is 9.98. The fraction of sp³-hybridized carbons (Fsp3) is 0.348. The molecule has 166 valence electrons. The Morgan fingerprint density at radius 3 is 2.66 bits per heavy atom. The first-order valence-electron chi connectivity index (χ1n) is 10.7. The molecule has 9 nitrogen and oxygen atoms in total. The summed E-state index contributed by atoms with van der Waals surface area (Å²) in [5.41, 5.74) is 3.47. The lowest BCUT2D eigenvalue weighted by Gasteiger charge is -2.39. The van der Waals surface area contributed by atoms with E-state index in [1.54, 1.807) is 11.1 Å². The Morgan fingerprint density at radius 2 is 1.94 bits per heavy atom. The Hall–Kier alpha value is -3.75. The average Bonchev–Trinajstić information content (AvgIpc) is 3.29. The smallest absolute Gasteiger partial charge is 0.289 e. The van der Waals surface area contributed by atoms with Crippen LogP contribution in [0.25, 0.3) is 0 Å². The van der Waals surface area contributed by atoms with E-state index in [-0.39, 0.29) is 23.6 Å². The number of nitrogens with zero attached hydrogens (tertiary/aromatic N) is 4. The van der Waals surface area contributed by atoms with Crippen LogP contribution >= 0.6 is 0 Å². The van der Waals surface area contributed by atoms with E-state index in [1.165, 1.54) is 0 Å². The molecule has 4 rings (SSSR count). The van der Waals surface area contributed by atoms with Gasteiger partial charge >= 0.3 is 0 Å². The van der Waals surface area contributed by atoms with E-state index in [9.17, 15) is 9.59 Å². The minimum atomic E-state index is -0.307. The van der Waals surface area contributed by atoms with Crippen LogP contribution in [0.1, 0.15) is 37.8 Å². The monoisotopic (exact) mass is 433 g/mol. The van der Waals surface area contributed by atoms with E-state index in [4.69, 9.17) is 0 Å². The van der Waals surface area contributed by atoms with Crippen LogP contribution < -0.4 is 10.6 Å². The molecule has 0 saturated carbocycles. The molecule has 2 amide bonds. The number of aryl methyl sites for hydroxylation is 1. The molecule has 0 radical (unpaired) electrons. The maximum absolute atomic E-state index is 12.6. The van der Waals surface area contributed by atoms with E-state index >= 15 is 0 Å². The molecular formula is C23H27N7O2. The van der Waals surface area contributed by atoms with Gasteiger partial charge in [-0.15, -0.1) is 0 Å². The summed E-state index contributed by atoms with van der Waals surface area (Å²) in [5.74, 6) is 0.756. The summed E-state index contributed by atoms with van der Waals surface area (Å²) in [6.07, 6.45) is 4.43. The van der Waals surface area contributed by atoms with Gasteiger partial charge in [0.1, 0.15) is 5.82 Å². The van der Waals surface area contributed by atoms with Crippen molar-refractivity contribution in [2.75, 3.05) is 31.5 Å². The molecule has 3 aromatic rings. The highest BCUT2D eigenvalue weighted by Crippen LogP contribution is 2.19. The van der Waals surface area contributed by atoms with Gasteiger partial charge in [0.25, 0.3) is 11.8 Å². The number of carbonyl (C=O) groups excluding carboxylic acids is 2. The van der Waals surface area contributed by atoms with Crippen molar-refractivity contribution in [3.63, 3.8) is 0 Å². The normalized spacial score (nSPS) is 13.5. The second-order valence-corrected chi connectivity index (χ2v) is 8.04. The van der Waals surface area contributed by atoms with Crippen molar-refractivity contribution in [2.45, 2.75) is 20.3 Å². The summed E-state index contributed by atoms with van der Waals surface area (Å²) in [5, 5.41) is 12.9. The Kier molecular flexibility index (Phi) is 6.44. The Balaban J connectivity index is 1.28. The Labute approximate surface area is 186 Å². The van der Waals surface area contributed by atoms with Gasteiger partial charge in [0.05, 0.1) is 6.20 Å². The number of H-pyrrole nitrogens is 1. The number of carbonyl (C=O) groups is 2. The minimum absolute atomic E-state index is 0.0248. The summed E-state index contributed by atoms with van der Waals surface area (Å²) >= 11 is 0. The number of benzene rings is 1. The number of nitrogens with one attached hydrogen (secondary N) is 3. The first kappa shape index (κ1) is 21.5. The zero-order valence-corrected chi connectivity index (χ0v) is 18.3. The standard InChI is InChI=1S/C23H27N7O2/c1-15-16(2)28-21(29-20(15)24-9-8-17-11-26-27-12-17)22(31)25-10-18-13-30(14-18)23(32)19-6-4-3-5-7-19/h3-7,11-12,18H,8-10,13-14H2,1-2H3,(H,25,31)(H,26,27)(H,24,28,29). The summed E-state index contributed by atoms with van der Waals surface area (Å²) in [7, 11) is 0. The molecule has 1 saturated heterocycles. The van der Waals surface area contributed by atoms with E-state index in [2.05, 4.69) is 30.8 Å². The van der Waals surface area contributed by atoms with Crippen LogP contribution in [0.4, 0.5) is 5.82 Å². The van der Waals surface area contributed by atoms with Gasteiger partial charge in [0, 0.05) is 55.1 Å². The third-order valence-electron chi connectivity index (χ3n) is 5.67. The van der Waals surface area contributed by atoms with E-state index in [0.717, 1.165) is 23.2 Å². The fourth-order valence-electron chi connectivity index (χ4n) is 3.59. The maximum Gasteiger partial charge on any atom is 0.289 e. The molecule has 1 aromatic carbocycles. The number of rotatable bonds is 8. The van der Waals surface area contributed by atoms with Crippen LogP contribution in [-0.4, -0.2) is 63.1 Å². The zero-order valence-electron chi connectivity index (χ0n) is 18.3. The molecular weight excluding hydrogens is 406 g/mol. The maximum atomic E-state index is 12.6. The van der Waals surface area contributed by atoms with Crippen molar-refractivity contribution in [2.24, 2.45) is 5.92 Å². The van der Waals surface area contributed by atoms with Crippen LogP contribution in [-0.2, 0) is 6.42 Å². The third-order valence-corrected chi connectivity index (χ3v) is 5.67. The second-order valence-electron chi connectivity index (χ2n) is 8.04. The molecule has 2 aromatic heterocycles. The molecule has 3 heterocycles. The SMILES string of the molecule is Cc1nc(C(=O)NCC2CN(C(=O)c3ccccc3)C2)nc(NCCc2cn[nH]c2)c1C. The average molecular weight is 434 g/mol. The summed E-state index contributed by atoms with van der Waals surface area (Å²) in [6, 6.07) is 9.23. The predicted molar refractivity (Wildman–Crippen MR) is 120 cm³/mol. The molecule has 0 atom stereocenters. The van der Waals surface area contributed by atoms with E-state index in [1.807, 2.05) is 50.4 Å². The molecule has 1 fully saturated rings. The van der Waals surface area contributed by atoms with Crippen molar-refractivity contribution >= 4 is 17.6 Å². The highest BCUT2D eigenvalue weighted by atomic mass is 16.2. The van der Waals surface area contributed by atoms with E-state index < -0.39 is 0 Å². The third kappa shape index (κ3) is 4.93. The Morgan fingerprint density at radius 1 is 1.16 bits per heavy atom. The molecule has 0 aliphatic carbocycles. The molecule has 32 heavy (non-hydrogen) atoms. The van der Waals surface area contributed by atoms with Crippen molar-refractivity contribution < 1.29 is 9.59 Å². The number of aromatic nitrogens is 4. The molecule has 0 unspecified atom stereocenters. The van der Waals surface area contributed by atoms with Gasteiger partial charge in [0.2, 0.25) is 5.82 Å². The second kappa shape index (κ2) is 9.59. The van der Waals surface area contributed by atoms with Gasteiger partial charge in [-0.2, -0.15) is 5.10 Å². The highest BCUT2D eigenvalue weighted by Gasteiger charge is 2.31. The molecule has 9 heteroatoms. The highest BCUT2D eigenvalue weighted by molar-refractivity contribution is 5.94. The van der Waals surface area contributed by atoms with Crippen LogP contribution in [0.3, 0.4) is 0 Å². The van der Waals surface area contributed by atoms with Crippen LogP contribution in [0.5, 0.6) is 0 Å². The Bertz CT molecular complexity index is 1080.